The van der Waals surface area contributed by atoms with Crippen molar-refractivity contribution >= 4 is 49.3 Å². The van der Waals surface area contributed by atoms with E-state index in [1.54, 1.807) is 0 Å². The van der Waals surface area contributed by atoms with Gasteiger partial charge in [0.15, 0.2) is 5.78 Å². The maximum Gasteiger partial charge on any atom is 0.193 e. The molecule has 0 bridgehead atoms. The van der Waals surface area contributed by atoms with E-state index in [4.69, 9.17) is 0 Å². The molecular formula is C43H28N2O. The first-order chi connectivity index (χ1) is 22.7. The van der Waals surface area contributed by atoms with Crippen molar-refractivity contribution in [3.8, 4) is 22.5 Å². The van der Waals surface area contributed by atoms with Crippen LogP contribution in [0.25, 0.3) is 66.0 Å². The van der Waals surface area contributed by atoms with Gasteiger partial charge in [0.05, 0.1) is 16.6 Å². The molecule has 9 aromatic rings. The summed E-state index contributed by atoms with van der Waals surface area (Å²) in [7, 11) is 0. The lowest BCUT2D eigenvalue weighted by Gasteiger charge is -2.11. The summed E-state index contributed by atoms with van der Waals surface area (Å²) >= 11 is 0. The molecule has 0 aliphatic rings. The summed E-state index contributed by atoms with van der Waals surface area (Å²) in [5.74, 6) is 0.0253. The molecule has 2 aromatic heterocycles. The van der Waals surface area contributed by atoms with Crippen molar-refractivity contribution in [3.05, 3.63) is 181 Å². The first kappa shape index (κ1) is 26.2. The third-order valence-electron chi connectivity index (χ3n) is 9.15. The predicted octanol–water partition coefficient (Wildman–Crippen LogP) is 10.8. The van der Waals surface area contributed by atoms with E-state index in [1.165, 1.54) is 27.3 Å². The van der Waals surface area contributed by atoms with Crippen LogP contribution in [-0.2, 0) is 0 Å². The van der Waals surface area contributed by atoms with Crippen molar-refractivity contribution in [2.24, 2.45) is 0 Å². The summed E-state index contributed by atoms with van der Waals surface area (Å²) < 4.78 is 4.59. The highest BCUT2D eigenvalue weighted by Crippen LogP contribution is 2.38. The highest BCUT2D eigenvalue weighted by atomic mass is 16.1. The van der Waals surface area contributed by atoms with Crippen molar-refractivity contribution in [1.82, 2.24) is 9.13 Å². The molecule has 3 nitrogen and oxygen atoms in total. The fraction of sp³-hybridized carbons (Fsp3) is 0. The summed E-state index contributed by atoms with van der Waals surface area (Å²) in [6.07, 6.45) is 2.16. The molecule has 7 aromatic carbocycles. The van der Waals surface area contributed by atoms with Crippen LogP contribution in [0.4, 0.5) is 0 Å². The zero-order valence-electron chi connectivity index (χ0n) is 25.0. The van der Waals surface area contributed by atoms with E-state index in [2.05, 4.69) is 125 Å². The Morgan fingerprint density at radius 3 is 1.93 bits per heavy atom. The van der Waals surface area contributed by atoms with Crippen LogP contribution < -0.4 is 0 Å². The van der Waals surface area contributed by atoms with Gasteiger partial charge in [-0.2, -0.15) is 0 Å². The predicted molar refractivity (Wildman–Crippen MR) is 190 cm³/mol. The Hall–Kier alpha value is -6.19. The monoisotopic (exact) mass is 588 g/mol. The molecule has 0 N–H and O–H groups in total. The van der Waals surface area contributed by atoms with Crippen LogP contribution in [-0.4, -0.2) is 14.9 Å². The summed E-state index contributed by atoms with van der Waals surface area (Å²) in [6, 6.07) is 56.5. The molecule has 0 saturated carbocycles. The summed E-state index contributed by atoms with van der Waals surface area (Å²) in [6.45, 7) is 0. The standard InChI is InChI=1S/C43H28N2O/c46-43(34-15-14-30-10-4-5-11-33(30)28-34)32-18-22-36(23-19-32)45-41-13-7-6-12-37(41)38-24-25-40-39(42(38)45)26-27-44(40)35-20-16-31(17-21-35)29-8-2-1-3-9-29/h1-28H. The zero-order valence-corrected chi connectivity index (χ0v) is 25.0. The van der Waals surface area contributed by atoms with Gasteiger partial charge in [-0.1, -0.05) is 103 Å². The van der Waals surface area contributed by atoms with E-state index in [0.717, 1.165) is 38.7 Å². The molecule has 2 heterocycles. The minimum Gasteiger partial charge on any atom is -0.316 e. The lowest BCUT2D eigenvalue weighted by molar-refractivity contribution is 0.103. The summed E-state index contributed by atoms with van der Waals surface area (Å²) in [5, 5.41) is 5.79. The number of rotatable bonds is 5. The van der Waals surface area contributed by atoms with Gasteiger partial charge in [0.2, 0.25) is 0 Å². The summed E-state index contributed by atoms with van der Waals surface area (Å²) in [5.41, 5.74) is 9.37. The molecule has 0 radical (unpaired) electrons. The van der Waals surface area contributed by atoms with E-state index >= 15 is 0 Å². The SMILES string of the molecule is O=C(c1ccc(-n2c3ccccc3c3ccc4c(ccn4-c4ccc(-c5ccccc5)cc4)c32)cc1)c1ccc2ccccc2c1. The Balaban J connectivity index is 1.15. The number of benzene rings is 7. The Morgan fingerprint density at radius 2 is 1.11 bits per heavy atom. The first-order valence-electron chi connectivity index (χ1n) is 15.6. The molecule has 0 unspecified atom stereocenters. The van der Waals surface area contributed by atoms with E-state index in [1.807, 2.05) is 54.6 Å². The minimum absolute atomic E-state index is 0.0253. The van der Waals surface area contributed by atoms with Gasteiger partial charge in [-0.05, 0) is 82.6 Å². The normalized spacial score (nSPS) is 11.6. The largest absolute Gasteiger partial charge is 0.316 e. The van der Waals surface area contributed by atoms with Gasteiger partial charge in [-0.15, -0.1) is 0 Å². The second-order valence-electron chi connectivity index (χ2n) is 11.8. The number of hydrogen-bond acceptors (Lipinski definition) is 1. The second-order valence-corrected chi connectivity index (χ2v) is 11.8. The van der Waals surface area contributed by atoms with Gasteiger partial charge in [0.25, 0.3) is 0 Å². The highest BCUT2D eigenvalue weighted by Gasteiger charge is 2.18. The molecule has 46 heavy (non-hydrogen) atoms. The zero-order chi connectivity index (χ0) is 30.6. The molecule has 0 aliphatic carbocycles. The quantitative estimate of drug-likeness (QED) is 0.184. The topological polar surface area (TPSA) is 26.9 Å². The van der Waals surface area contributed by atoms with Gasteiger partial charge < -0.3 is 9.13 Å². The van der Waals surface area contributed by atoms with Crippen LogP contribution in [0.1, 0.15) is 15.9 Å². The van der Waals surface area contributed by atoms with Crippen LogP contribution in [0, 0.1) is 0 Å². The Bertz CT molecular complexity index is 2570. The molecule has 0 spiro atoms. The van der Waals surface area contributed by atoms with E-state index < -0.39 is 0 Å². The lowest BCUT2D eigenvalue weighted by atomic mass is 10.00. The van der Waals surface area contributed by atoms with Gasteiger partial charge in [0, 0.05) is 44.9 Å². The molecule has 9 rings (SSSR count). The van der Waals surface area contributed by atoms with Gasteiger partial charge >= 0.3 is 0 Å². The lowest BCUT2D eigenvalue weighted by Crippen LogP contribution is -2.02. The van der Waals surface area contributed by atoms with Crippen molar-refractivity contribution in [2.45, 2.75) is 0 Å². The van der Waals surface area contributed by atoms with Gasteiger partial charge in [-0.3, -0.25) is 4.79 Å². The molecular weight excluding hydrogens is 560 g/mol. The molecule has 0 aliphatic heterocycles. The Morgan fingerprint density at radius 1 is 0.435 bits per heavy atom. The number of carbonyl (C=O) groups excluding carboxylic acids is 1. The van der Waals surface area contributed by atoms with Crippen LogP contribution in [0.2, 0.25) is 0 Å². The van der Waals surface area contributed by atoms with Crippen LogP contribution >= 0.6 is 0 Å². The molecule has 0 saturated heterocycles. The third kappa shape index (κ3) is 4.17. The van der Waals surface area contributed by atoms with Crippen LogP contribution in [0.5, 0.6) is 0 Å². The number of fused-ring (bicyclic) bond motifs is 6. The fourth-order valence-electron chi connectivity index (χ4n) is 6.87. The minimum atomic E-state index is 0.0253. The van der Waals surface area contributed by atoms with E-state index in [9.17, 15) is 4.79 Å². The maximum atomic E-state index is 13.5. The average Bonchev–Trinajstić information content (AvgIpc) is 3.71. The number of carbonyl (C=O) groups is 1. The Kier molecular flexibility index (Phi) is 5.97. The van der Waals surface area contributed by atoms with Crippen molar-refractivity contribution in [2.75, 3.05) is 0 Å². The molecule has 0 amide bonds. The molecule has 216 valence electrons. The highest BCUT2D eigenvalue weighted by molar-refractivity contribution is 6.18. The summed E-state index contributed by atoms with van der Waals surface area (Å²) in [4.78, 5) is 13.5. The van der Waals surface area contributed by atoms with Crippen molar-refractivity contribution < 1.29 is 4.79 Å². The first-order valence-corrected chi connectivity index (χ1v) is 15.6. The third-order valence-corrected chi connectivity index (χ3v) is 9.15. The molecule has 0 fully saturated rings. The van der Waals surface area contributed by atoms with Gasteiger partial charge in [-0.25, -0.2) is 0 Å². The smallest absolute Gasteiger partial charge is 0.193 e. The maximum absolute atomic E-state index is 13.5. The number of hydrogen-bond donors (Lipinski definition) is 0. The van der Waals surface area contributed by atoms with E-state index in [0.29, 0.717) is 11.1 Å². The number of ketones is 1. The molecule has 3 heteroatoms. The van der Waals surface area contributed by atoms with Crippen molar-refractivity contribution in [3.63, 3.8) is 0 Å². The van der Waals surface area contributed by atoms with Crippen LogP contribution in [0.15, 0.2) is 170 Å². The fourth-order valence-corrected chi connectivity index (χ4v) is 6.87. The Labute approximate surface area is 266 Å². The number of nitrogens with zero attached hydrogens (tertiary/aromatic N) is 2. The van der Waals surface area contributed by atoms with Gasteiger partial charge in [0.1, 0.15) is 0 Å². The average molecular weight is 589 g/mol. The molecule has 0 atom stereocenters. The van der Waals surface area contributed by atoms with Crippen molar-refractivity contribution in [1.29, 1.82) is 0 Å². The second kappa shape index (κ2) is 10.5. The number of aromatic nitrogens is 2. The number of para-hydroxylation sites is 1. The van der Waals surface area contributed by atoms with E-state index in [-0.39, 0.29) is 5.78 Å². The van der Waals surface area contributed by atoms with Crippen LogP contribution in [0.3, 0.4) is 0 Å².